The highest BCUT2D eigenvalue weighted by molar-refractivity contribution is 7.93. The van der Waals surface area contributed by atoms with Crippen LogP contribution in [0.4, 0.5) is 16.2 Å². The molecule has 1 aliphatic rings. The molecular weight excluding hydrogens is 390 g/mol. The smallest absolute Gasteiger partial charge is 0.307 e. The molecule has 7 nitrogen and oxygen atoms in total. The molecule has 0 fully saturated rings. The number of imide groups is 1. The van der Waals surface area contributed by atoms with Crippen LogP contribution < -0.4 is 14.9 Å². The van der Waals surface area contributed by atoms with Gasteiger partial charge in [-0.1, -0.05) is 36.4 Å². The molecule has 148 valence electrons. The summed E-state index contributed by atoms with van der Waals surface area (Å²) in [6.07, 6.45) is 0. The molecule has 0 saturated heterocycles. The second-order valence-electron chi connectivity index (χ2n) is 6.89. The monoisotopic (exact) mass is 409 g/mol. The number of hydrogen-bond acceptors (Lipinski definition) is 4. The fourth-order valence-corrected chi connectivity index (χ4v) is 5.13. The van der Waals surface area contributed by atoms with Crippen molar-refractivity contribution in [1.82, 2.24) is 5.32 Å². The lowest BCUT2D eigenvalue weighted by Crippen LogP contribution is -2.43. The lowest BCUT2D eigenvalue weighted by Gasteiger charge is -2.18. The van der Waals surface area contributed by atoms with Gasteiger partial charge >= 0.3 is 6.03 Å². The van der Waals surface area contributed by atoms with Crippen molar-refractivity contribution in [2.24, 2.45) is 0 Å². The van der Waals surface area contributed by atoms with E-state index < -0.39 is 28.5 Å². The van der Waals surface area contributed by atoms with Crippen LogP contribution in [0.2, 0.25) is 0 Å². The predicted molar refractivity (Wildman–Crippen MR) is 112 cm³/mol. The largest absolute Gasteiger partial charge is 0.325 e. The fraction of sp³-hybridized carbons (Fsp3) is 0.143. The molecule has 1 aliphatic heterocycles. The molecule has 0 radical (unpaired) electrons. The highest BCUT2D eigenvalue weighted by Gasteiger charge is 2.36. The lowest BCUT2D eigenvalue weighted by atomic mass is 10.1. The number of aryl methyl sites for hydroxylation is 1. The first-order chi connectivity index (χ1) is 13.8. The van der Waals surface area contributed by atoms with Crippen LogP contribution in [0.1, 0.15) is 11.1 Å². The van der Waals surface area contributed by atoms with Gasteiger partial charge in [-0.2, -0.15) is 0 Å². The summed E-state index contributed by atoms with van der Waals surface area (Å²) in [5.74, 6) is -0.721. The Morgan fingerprint density at radius 3 is 2.41 bits per heavy atom. The van der Waals surface area contributed by atoms with E-state index in [1.54, 1.807) is 30.3 Å². The van der Waals surface area contributed by atoms with Crippen molar-refractivity contribution in [2.45, 2.75) is 18.7 Å². The predicted octanol–water partition coefficient (Wildman–Crippen LogP) is 3.31. The lowest BCUT2D eigenvalue weighted by molar-refractivity contribution is -0.118. The summed E-state index contributed by atoms with van der Waals surface area (Å²) in [4.78, 5) is 24.8. The quantitative estimate of drug-likeness (QED) is 0.694. The molecular formula is C21H19N3O4S. The van der Waals surface area contributed by atoms with E-state index in [2.05, 4.69) is 10.6 Å². The molecule has 0 saturated carbocycles. The molecule has 29 heavy (non-hydrogen) atoms. The molecule has 0 spiro atoms. The van der Waals surface area contributed by atoms with Crippen molar-refractivity contribution in [3.63, 3.8) is 0 Å². The summed E-state index contributed by atoms with van der Waals surface area (Å²) in [5.41, 5.74) is 2.91. The number of sulfonamides is 1. The average Bonchev–Trinajstić information content (AvgIpc) is 2.89. The van der Waals surface area contributed by atoms with Gasteiger partial charge in [-0.15, -0.1) is 0 Å². The Balaban J connectivity index is 1.53. The number of anilines is 2. The molecule has 3 aromatic rings. The molecule has 3 amide bonds. The van der Waals surface area contributed by atoms with E-state index in [1.807, 2.05) is 32.0 Å². The Bertz CT molecular complexity index is 1260. The minimum atomic E-state index is -3.86. The van der Waals surface area contributed by atoms with Crippen LogP contribution >= 0.6 is 0 Å². The zero-order valence-corrected chi connectivity index (χ0v) is 16.7. The second-order valence-corrected chi connectivity index (χ2v) is 8.72. The van der Waals surface area contributed by atoms with Gasteiger partial charge in [0.2, 0.25) is 5.91 Å². The number of urea groups is 1. The summed E-state index contributed by atoms with van der Waals surface area (Å²) in [5, 5.41) is 6.19. The fourth-order valence-electron chi connectivity index (χ4n) is 3.47. The number of carbonyl (C=O) groups is 2. The van der Waals surface area contributed by atoms with Crippen molar-refractivity contribution < 1.29 is 18.0 Å². The zero-order chi connectivity index (χ0) is 20.8. The topological polar surface area (TPSA) is 95.6 Å². The zero-order valence-electron chi connectivity index (χ0n) is 15.9. The van der Waals surface area contributed by atoms with E-state index in [9.17, 15) is 18.0 Å². The number of nitrogens with zero attached hydrogens (tertiary/aromatic N) is 1. The molecule has 0 atom stereocenters. The SMILES string of the molecule is Cc1cccc(NC(=O)NC(=O)CN2c3cccc4cccc(c34)S2(=O)=O)c1C. The van der Waals surface area contributed by atoms with Crippen LogP contribution in [-0.4, -0.2) is 26.9 Å². The Hall–Kier alpha value is -3.39. The van der Waals surface area contributed by atoms with Gasteiger partial charge in [0.25, 0.3) is 10.0 Å². The normalized spacial score (nSPS) is 14.1. The number of hydrogen-bond donors (Lipinski definition) is 2. The third kappa shape index (κ3) is 3.21. The summed E-state index contributed by atoms with van der Waals surface area (Å²) in [6.45, 7) is 3.29. The highest BCUT2D eigenvalue weighted by Crippen LogP contribution is 2.41. The maximum Gasteiger partial charge on any atom is 0.325 e. The highest BCUT2D eigenvalue weighted by atomic mass is 32.2. The van der Waals surface area contributed by atoms with Gasteiger partial charge < -0.3 is 5.32 Å². The molecule has 4 rings (SSSR count). The van der Waals surface area contributed by atoms with Crippen LogP contribution in [0.15, 0.2) is 59.5 Å². The Morgan fingerprint density at radius 1 is 0.966 bits per heavy atom. The molecule has 1 heterocycles. The molecule has 3 aromatic carbocycles. The van der Waals surface area contributed by atoms with Gasteiger partial charge in [0, 0.05) is 11.1 Å². The second kappa shape index (κ2) is 6.89. The van der Waals surface area contributed by atoms with Gasteiger partial charge in [-0.05, 0) is 48.6 Å². The van der Waals surface area contributed by atoms with E-state index in [0.29, 0.717) is 16.8 Å². The van der Waals surface area contributed by atoms with Crippen LogP contribution in [0.5, 0.6) is 0 Å². The van der Waals surface area contributed by atoms with E-state index in [1.165, 1.54) is 6.07 Å². The Labute approximate surface area is 168 Å². The maximum atomic E-state index is 12.9. The standard InChI is InChI=1S/C21H19N3O4S/c1-13-6-3-9-16(14(13)2)22-21(26)23-19(25)12-24-17-10-4-7-15-8-5-11-18(20(15)17)29(24,27)28/h3-11H,12H2,1-2H3,(H2,22,23,25,26). The third-order valence-corrected chi connectivity index (χ3v) is 6.88. The first kappa shape index (κ1) is 18.9. The van der Waals surface area contributed by atoms with Crippen molar-refractivity contribution in [2.75, 3.05) is 16.2 Å². The van der Waals surface area contributed by atoms with E-state index in [-0.39, 0.29) is 4.90 Å². The number of carbonyl (C=O) groups excluding carboxylic acids is 2. The molecule has 0 unspecified atom stereocenters. The molecule has 8 heteroatoms. The van der Waals surface area contributed by atoms with Crippen LogP contribution in [0, 0.1) is 13.8 Å². The number of amides is 3. The summed E-state index contributed by atoms with van der Waals surface area (Å²) < 4.78 is 26.8. The summed E-state index contributed by atoms with van der Waals surface area (Å²) in [7, 11) is -3.86. The van der Waals surface area contributed by atoms with Gasteiger partial charge in [0.1, 0.15) is 6.54 Å². The van der Waals surface area contributed by atoms with Gasteiger partial charge in [-0.3, -0.25) is 14.4 Å². The molecule has 0 aliphatic carbocycles. The number of benzene rings is 3. The van der Waals surface area contributed by atoms with Crippen molar-refractivity contribution in [3.05, 3.63) is 65.7 Å². The number of rotatable bonds is 3. The van der Waals surface area contributed by atoms with Crippen molar-refractivity contribution in [3.8, 4) is 0 Å². The minimum Gasteiger partial charge on any atom is -0.307 e. The van der Waals surface area contributed by atoms with E-state index >= 15 is 0 Å². The maximum absolute atomic E-state index is 12.9. The minimum absolute atomic E-state index is 0.165. The van der Waals surface area contributed by atoms with E-state index in [0.717, 1.165) is 20.8 Å². The van der Waals surface area contributed by atoms with Gasteiger partial charge in [0.15, 0.2) is 0 Å². The van der Waals surface area contributed by atoms with Crippen LogP contribution in [0.25, 0.3) is 10.8 Å². The Kier molecular flexibility index (Phi) is 4.50. The molecule has 2 N–H and O–H groups in total. The third-order valence-electron chi connectivity index (χ3n) is 5.07. The van der Waals surface area contributed by atoms with Crippen LogP contribution in [0.3, 0.4) is 0 Å². The van der Waals surface area contributed by atoms with Gasteiger partial charge in [0.05, 0.1) is 10.6 Å². The van der Waals surface area contributed by atoms with Gasteiger partial charge in [-0.25, -0.2) is 13.2 Å². The summed E-state index contributed by atoms with van der Waals surface area (Å²) in [6, 6.07) is 14.9. The summed E-state index contributed by atoms with van der Waals surface area (Å²) >= 11 is 0. The van der Waals surface area contributed by atoms with Crippen molar-refractivity contribution >= 4 is 44.1 Å². The van der Waals surface area contributed by atoms with Crippen molar-refractivity contribution in [1.29, 1.82) is 0 Å². The Morgan fingerprint density at radius 2 is 1.66 bits per heavy atom. The first-order valence-corrected chi connectivity index (χ1v) is 10.4. The van der Waals surface area contributed by atoms with E-state index in [4.69, 9.17) is 0 Å². The average molecular weight is 409 g/mol. The molecule has 0 bridgehead atoms. The first-order valence-electron chi connectivity index (χ1n) is 9.00. The molecule has 0 aromatic heterocycles. The number of nitrogens with one attached hydrogen (secondary N) is 2. The van der Waals surface area contributed by atoms with Crippen LogP contribution in [-0.2, 0) is 14.8 Å².